The lowest BCUT2D eigenvalue weighted by molar-refractivity contribution is -0.113. The van der Waals surface area contributed by atoms with Crippen LogP contribution in [0.4, 0.5) is 5.69 Å². The maximum absolute atomic E-state index is 12.7. The molecule has 2 heterocycles. The highest BCUT2D eigenvalue weighted by molar-refractivity contribution is 7.99. The van der Waals surface area contributed by atoms with E-state index in [2.05, 4.69) is 10.3 Å². The molecular formula is C20H25N5O5S. The van der Waals surface area contributed by atoms with Gasteiger partial charge in [-0.3, -0.25) is 18.7 Å². The Hall–Kier alpha value is -3.21. The van der Waals surface area contributed by atoms with E-state index in [9.17, 15) is 14.4 Å². The molecule has 166 valence electrons. The molecule has 2 aromatic heterocycles. The second kappa shape index (κ2) is 9.29. The molecule has 11 heteroatoms. The number of thioether (sulfide) groups is 1. The number of hydrogen-bond donors (Lipinski definition) is 1. The molecule has 1 amide bonds. The van der Waals surface area contributed by atoms with Crippen molar-refractivity contribution >= 4 is 34.5 Å². The van der Waals surface area contributed by atoms with Gasteiger partial charge in [-0.2, -0.15) is 0 Å². The number of aryl methyl sites for hydroxylation is 2. The van der Waals surface area contributed by atoms with Crippen LogP contribution < -0.4 is 26.0 Å². The minimum Gasteiger partial charge on any atom is -0.497 e. The van der Waals surface area contributed by atoms with Crippen LogP contribution in [0.2, 0.25) is 0 Å². The van der Waals surface area contributed by atoms with Gasteiger partial charge in [0, 0.05) is 44.5 Å². The van der Waals surface area contributed by atoms with Crippen LogP contribution >= 0.6 is 11.8 Å². The first-order valence-electron chi connectivity index (χ1n) is 9.62. The van der Waals surface area contributed by atoms with Crippen LogP contribution in [0.3, 0.4) is 0 Å². The molecule has 31 heavy (non-hydrogen) atoms. The van der Waals surface area contributed by atoms with Gasteiger partial charge in [0.05, 0.1) is 20.0 Å². The number of ether oxygens (including phenoxy) is 2. The zero-order valence-electron chi connectivity index (χ0n) is 18.1. The monoisotopic (exact) mass is 447 g/mol. The summed E-state index contributed by atoms with van der Waals surface area (Å²) in [7, 11) is 6.08. The van der Waals surface area contributed by atoms with Crippen molar-refractivity contribution in [3.63, 3.8) is 0 Å². The maximum Gasteiger partial charge on any atom is 0.332 e. The van der Waals surface area contributed by atoms with Crippen molar-refractivity contribution in [3.8, 4) is 11.5 Å². The fourth-order valence-corrected chi connectivity index (χ4v) is 4.00. The number of benzene rings is 1. The van der Waals surface area contributed by atoms with Crippen LogP contribution in [0.1, 0.15) is 13.3 Å². The van der Waals surface area contributed by atoms with Crippen LogP contribution in [0.15, 0.2) is 32.9 Å². The predicted molar refractivity (Wildman–Crippen MR) is 119 cm³/mol. The van der Waals surface area contributed by atoms with E-state index in [0.29, 0.717) is 40.1 Å². The number of carbonyl (C=O) groups excluding carboxylic acids is 1. The van der Waals surface area contributed by atoms with Crippen molar-refractivity contribution in [3.05, 3.63) is 39.0 Å². The van der Waals surface area contributed by atoms with Crippen molar-refractivity contribution in [2.75, 3.05) is 25.3 Å². The van der Waals surface area contributed by atoms with Crippen LogP contribution in [0.5, 0.6) is 11.5 Å². The Morgan fingerprint density at radius 1 is 1.10 bits per heavy atom. The zero-order valence-corrected chi connectivity index (χ0v) is 18.9. The van der Waals surface area contributed by atoms with Crippen molar-refractivity contribution in [2.24, 2.45) is 14.1 Å². The largest absolute Gasteiger partial charge is 0.497 e. The molecule has 0 saturated heterocycles. The summed E-state index contributed by atoms with van der Waals surface area (Å²) in [5, 5.41) is 3.32. The van der Waals surface area contributed by atoms with E-state index in [0.717, 1.165) is 11.0 Å². The molecule has 0 unspecified atom stereocenters. The Morgan fingerprint density at radius 3 is 2.32 bits per heavy atom. The van der Waals surface area contributed by atoms with Gasteiger partial charge < -0.3 is 19.4 Å². The van der Waals surface area contributed by atoms with Crippen molar-refractivity contribution in [1.29, 1.82) is 0 Å². The Bertz CT molecular complexity index is 1220. The van der Waals surface area contributed by atoms with E-state index in [-0.39, 0.29) is 11.7 Å². The summed E-state index contributed by atoms with van der Waals surface area (Å²) in [5.41, 5.74) is 0.354. The van der Waals surface area contributed by atoms with Gasteiger partial charge in [0.25, 0.3) is 5.56 Å². The van der Waals surface area contributed by atoms with E-state index in [1.807, 2.05) is 6.92 Å². The molecular weight excluding hydrogens is 422 g/mol. The second-order valence-electron chi connectivity index (χ2n) is 6.86. The molecule has 0 aliphatic carbocycles. The number of amides is 1. The molecule has 1 aromatic carbocycles. The average Bonchev–Trinajstić information content (AvgIpc) is 3.13. The van der Waals surface area contributed by atoms with E-state index < -0.39 is 11.2 Å². The first kappa shape index (κ1) is 22.5. The number of anilines is 1. The summed E-state index contributed by atoms with van der Waals surface area (Å²) in [6, 6.07) is 5.09. The first-order chi connectivity index (χ1) is 14.8. The quantitative estimate of drug-likeness (QED) is 0.522. The van der Waals surface area contributed by atoms with Gasteiger partial charge in [-0.15, -0.1) is 0 Å². The Labute approximate surface area is 182 Å². The molecule has 10 nitrogen and oxygen atoms in total. The number of carbonyl (C=O) groups is 1. The van der Waals surface area contributed by atoms with Crippen LogP contribution in [0.25, 0.3) is 11.2 Å². The number of nitrogens with one attached hydrogen (secondary N) is 1. The number of rotatable bonds is 8. The minimum absolute atomic E-state index is 0.0703. The number of imidazole rings is 1. The molecule has 3 aromatic rings. The zero-order chi connectivity index (χ0) is 22.7. The van der Waals surface area contributed by atoms with E-state index in [1.54, 1.807) is 29.8 Å². The van der Waals surface area contributed by atoms with Crippen molar-refractivity contribution in [1.82, 2.24) is 18.7 Å². The van der Waals surface area contributed by atoms with Gasteiger partial charge in [0.15, 0.2) is 16.3 Å². The highest BCUT2D eigenvalue weighted by Gasteiger charge is 2.19. The number of hydrogen-bond acceptors (Lipinski definition) is 7. The standard InChI is InChI=1S/C20H25N5O5S/c1-6-7-25-16-17(23(2)20(28)24(3)18(16)27)22-19(25)31-11-15(26)21-12-8-13(29-4)10-14(9-12)30-5/h8-10H,6-7,11H2,1-5H3,(H,21,26). The Balaban J connectivity index is 1.87. The average molecular weight is 448 g/mol. The topological polar surface area (TPSA) is 109 Å². The molecule has 0 bridgehead atoms. The third kappa shape index (κ3) is 4.46. The fraction of sp³-hybridized carbons (Fsp3) is 0.400. The highest BCUT2D eigenvalue weighted by atomic mass is 32.2. The molecule has 0 atom stereocenters. The lowest BCUT2D eigenvalue weighted by Gasteiger charge is -2.10. The van der Waals surface area contributed by atoms with Crippen LogP contribution in [0, 0.1) is 0 Å². The smallest absolute Gasteiger partial charge is 0.332 e. The third-order valence-electron chi connectivity index (χ3n) is 4.73. The van der Waals surface area contributed by atoms with Crippen LogP contribution in [-0.2, 0) is 25.4 Å². The molecule has 0 radical (unpaired) electrons. The molecule has 1 N–H and O–H groups in total. The number of methoxy groups -OCH3 is 2. The lowest BCUT2D eigenvalue weighted by Crippen LogP contribution is -2.37. The molecule has 0 aliphatic heterocycles. The van der Waals surface area contributed by atoms with Crippen LogP contribution in [-0.4, -0.2) is 44.6 Å². The van der Waals surface area contributed by atoms with Gasteiger partial charge in [-0.25, -0.2) is 9.78 Å². The van der Waals surface area contributed by atoms with Gasteiger partial charge >= 0.3 is 5.69 Å². The summed E-state index contributed by atoms with van der Waals surface area (Å²) < 4.78 is 14.6. The Morgan fingerprint density at radius 2 is 1.74 bits per heavy atom. The Kier molecular flexibility index (Phi) is 6.74. The summed E-state index contributed by atoms with van der Waals surface area (Å²) in [4.78, 5) is 42.0. The number of nitrogens with zero attached hydrogens (tertiary/aromatic N) is 4. The normalized spacial score (nSPS) is 11.0. The van der Waals surface area contributed by atoms with Gasteiger partial charge in [0.2, 0.25) is 5.91 Å². The van der Waals surface area contributed by atoms with Gasteiger partial charge in [0.1, 0.15) is 11.5 Å². The molecule has 0 saturated carbocycles. The van der Waals surface area contributed by atoms with Gasteiger partial charge in [-0.1, -0.05) is 18.7 Å². The van der Waals surface area contributed by atoms with E-state index >= 15 is 0 Å². The second-order valence-corrected chi connectivity index (χ2v) is 7.80. The maximum atomic E-state index is 12.7. The molecule has 0 spiro atoms. The number of aromatic nitrogens is 4. The number of fused-ring (bicyclic) bond motifs is 1. The summed E-state index contributed by atoms with van der Waals surface area (Å²) >= 11 is 1.20. The third-order valence-corrected chi connectivity index (χ3v) is 5.70. The SMILES string of the molecule is CCCn1c(SCC(=O)Nc2cc(OC)cc(OC)c2)nc2c1c(=O)n(C)c(=O)n2C. The van der Waals surface area contributed by atoms with E-state index in [4.69, 9.17) is 9.47 Å². The lowest BCUT2D eigenvalue weighted by atomic mass is 10.2. The minimum atomic E-state index is -0.445. The fourth-order valence-electron chi connectivity index (χ4n) is 3.17. The summed E-state index contributed by atoms with van der Waals surface area (Å²) in [5.74, 6) is 0.936. The first-order valence-corrected chi connectivity index (χ1v) is 10.6. The highest BCUT2D eigenvalue weighted by Crippen LogP contribution is 2.27. The summed E-state index contributed by atoms with van der Waals surface area (Å²) in [6.45, 7) is 2.52. The molecule has 0 fully saturated rings. The van der Waals surface area contributed by atoms with Gasteiger partial charge in [-0.05, 0) is 6.42 Å². The van der Waals surface area contributed by atoms with Crippen molar-refractivity contribution < 1.29 is 14.3 Å². The van der Waals surface area contributed by atoms with E-state index in [1.165, 1.54) is 37.6 Å². The molecule has 0 aliphatic rings. The predicted octanol–water partition coefficient (Wildman–Crippen LogP) is 1.59. The molecule has 3 rings (SSSR count). The van der Waals surface area contributed by atoms with Crippen molar-refractivity contribution in [2.45, 2.75) is 25.0 Å². The summed E-state index contributed by atoms with van der Waals surface area (Å²) in [6.07, 6.45) is 0.765.